The van der Waals surface area contributed by atoms with Crippen LogP contribution >= 0.6 is 0 Å². The van der Waals surface area contributed by atoms with Gasteiger partial charge < -0.3 is 10.1 Å². The average molecular weight is 265 g/mol. The molecule has 0 saturated heterocycles. The number of nitrogens with one attached hydrogen (secondary N) is 1. The van der Waals surface area contributed by atoms with E-state index in [9.17, 15) is 22.4 Å². The first-order valence-electron chi connectivity index (χ1n) is 4.95. The second kappa shape index (κ2) is 5.70. The molecular formula is C11H11F4NO2. The van der Waals surface area contributed by atoms with Crippen LogP contribution in [0.1, 0.15) is 5.56 Å². The lowest BCUT2D eigenvalue weighted by Gasteiger charge is -2.14. The molecule has 100 valence electrons. The summed E-state index contributed by atoms with van der Waals surface area (Å²) in [6.45, 7) is -0.279. The number of alkyl halides is 4. The molecule has 0 bridgehead atoms. The Labute approximate surface area is 101 Å². The van der Waals surface area contributed by atoms with Crippen molar-refractivity contribution < 1.29 is 27.1 Å². The number of methoxy groups -OCH3 is 1. The predicted octanol–water partition coefficient (Wildman–Crippen LogP) is 2.21. The number of benzene rings is 1. The highest BCUT2D eigenvalue weighted by Crippen LogP contribution is 2.23. The van der Waals surface area contributed by atoms with Gasteiger partial charge in [-0.25, -0.2) is 8.78 Å². The summed E-state index contributed by atoms with van der Waals surface area (Å²) in [6, 6.07) is 6.26. The summed E-state index contributed by atoms with van der Waals surface area (Å²) in [5, 5.41) is 1.75. The second-order valence-corrected chi connectivity index (χ2v) is 3.46. The van der Waals surface area contributed by atoms with Crippen LogP contribution in [-0.2, 0) is 11.3 Å². The lowest BCUT2D eigenvalue weighted by Crippen LogP contribution is -2.44. The van der Waals surface area contributed by atoms with Gasteiger partial charge in [-0.2, -0.15) is 8.78 Å². The molecule has 0 aromatic heterocycles. The van der Waals surface area contributed by atoms with Gasteiger partial charge in [-0.15, -0.1) is 0 Å². The van der Waals surface area contributed by atoms with Crippen molar-refractivity contribution in [3.05, 3.63) is 29.8 Å². The monoisotopic (exact) mass is 265 g/mol. The van der Waals surface area contributed by atoms with E-state index in [1.165, 1.54) is 13.2 Å². The van der Waals surface area contributed by atoms with Crippen LogP contribution in [0.25, 0.3) is 0 Å². The molecule has 1 aromatic rings. The van der Waals surface area contributed by atoms with Crippen LogP contribution in [0.5, 0.6) is 5.75 Å². The predicted molar refractivity (Wildman–Crippen MR) is 55.8 cm³/mol. The highest BCUT2D eigenvalue weighted by molar-refractivity contribution is 5.83. The second-order valence-electron chi connectivity index (χ2n) is 3.46. The molecule has 1 amide bonds. The molecule has 0 unspecified atom stereocenters. The molecule has 1 rings (SSSR count). The Morgan fingerprint density at radius 2 is 2.11 bits per heavy atom. The van der Waals surface area contributed by atoms with E-state index in [0.717, 1.165) is 0 Å². The van der Waals surface area contributed by atoms with Crippen LogP contribution < -0.4 is 10.1 Å². The van der Waals surface area contributed by atoms with E-state index in [0.29, 0.717) is 11.3 Å². The maximum atomic E-state index is 12.6. The van der Waals surface area contributed by atoms with Gasteiger partial charge >= 0.3 is 12.3 Å². The molecule has 0 saturated carbocycles. The van der Waals surface area contributed by atoms with E-state index in [2.05, 4.69) is 0 Å². The number of carbonyl (C=O) groups excluding carboxylic acids is 1. The van der Waals surface area contributed by atoms with Crippen molar-refractivity contribution in [2.24, 2.45) is 0 Å². The largest absolute Gasteiger partial charge is 0.497 e. The third-order valence-corrected chi connectivity index (χ3v) is 2.16. The smallest absolute Gasteiger partial charge is 0.383 e. The molecule has 3 nitrogen and oxygen atoms in total. The number of halogens is 4. The van der Waals surface area contributed by atoms with E-state index < -0.39 is 18.3 Å². The van der Waals surface area contributed by atoms with Gasteiger partial charge in [-0.3, -0.25) is 4.79 Å². The Bertz CT molecular complexity index is 423. The fourth-order valence-corrected chi connectivity index (χ4v) is 1.18. The van der Waals surface area contributed by atoms with E-state index in [1.807, 2.05) is 0 Å². The van der Waals surface area contributed by atoms with Gasteiger partial charge in [0.2, 0.25) is 0 Å². The number of hydrogen-bond donors (Lipinski definition) is 1. The Kier molecular flexibility index (Phi) is 4.52. The Hall–Kier alpha value is -1.79. The van der Waals surface area contributed by atoms with Gasteiger partial charge in [0.15, 0.2) is 0 Å². The fourth-order valence-electron chi connectivity index (χ4n) is 1.18. The molecule has 0 radical (unpaired) electrons. The summed E-state index contributed by atoms with van der Waals surface area (Å²) in [4.78, 5) is 10.9. The van der Waals surface area contributed by atoms with Crippen LogP contribution in [0.2, 0.25) is 0 Å². The van der Waals surface area contributed by atoms with Crippen LogP contribution in [0, 0.1) is 0 Å². The third-order valence-electron chi connectivity index (χ3n) is 2.16. The van der Waals surface area contributed by atoms with Crippen molar-refractivity contribution in [2.75, 3.05) is 7.11 Å². The number of rotatable bonds is 5. The molecular weight excluding hydrogens is 254 g/mol. The van der Waals surface area contributed by atoms with Gasteiger partial charge in [0.25, 0.3) is 5.91 Å². The normalized spacial score (nSPS) is 11.4. The van der Waals surface area contributed by atoms with Crippen molar-refractivity contribution in [1.82, 2.24) is 5.32 Å². The highest BCUT2D eigenvalue weighted by atomic mass is 19.3. The molecule has 0 fully saturated rings. The molecule has 18 heavy (non-hydrogen) atoms. The van der Waals surface area contributed by atoms with Gasteiger partial charge in [0.05, 0.1) is 7.11 Å². The van der Waals surface area contributed by atoms with Crippen molar-refractivity contribution in [3.63, 3.8) is 0 Å². The average Bonchev–Trinajstić information content (AvgIpc) is 2.35. The Morgan fingerprint density at radius 3 is 2.67 bits per heavy atom. The highest BCUT2D eigenvalue weighted by Gasteiger charge is 2.48. The van der Waals surface area contributed by atoms with E-state index in [-0.39, 0.29) is 6.54 Å². The number of amides is 1. The molecule has 0 aliphatic heterocycles. The van der Waals surface area contributed by atoms with Crippen molar-refractivity contribution in [2.45, 2.75) is 18.9 Å². The van der Waals surface area contributed by atoms with E-state index in [1.54, 1.807) is 23.5 Å². The van der Waals surface area contributed by atoms with Crippen LogP contribution in [0.15, 0.2) is 24.3 Å². The summed E-state index contributed by atoms with van der Waals surface area (Å²) < 4.78 is 53.8. The Balaban J connectivity index is 2.62. The standard InChI is InChI=1S/C11H11F4NO2/c1-18-8-4-2-3-7(5-8)6-16-10(17)11(14,15)9(12)13/h2-5,9H,6H2,1H3,(H,16,17). The molecule has 1 aromatic carbocycles. The zero-order chi connectivity index (χ0) is 13.8. The first-order chi connectivity index (χ1) is 8.37. The minimum Gasteiger partial charge on any atom is -0.497 e. The molecule has 0 spiro atoms. The van der Waals surface area contributed by atoms with E-state index >= 15 is 0 Å². The Morgan fingerprint density at radius 1 is 1.44 bits per heavy atom. The summed E-state index contributed by atoms with van der Waals surface area (Å²) >= 11 is 0. The minimum atomic E-state index is -4.68. The number of hydrogen-bond acceptors (Lipinski definition) is 2. The van der Waals surface area contributed by atoms with Crippen molar-refractivity contribution in [3.8, 4) is 5.75 Å². The molecule has 0 aliphatic rings. The number of carbonyl (C=O) groups is 1. The maximum Gasteiger partial charge on any atom is 0.383 e. The van der Waals surface area contributed by atoms with Crippen LogP contribution in [-0.4, -0.2) is 25.4 Å². The minimum absolute atomic E-state index is 0.279. The fraction of sp³-hybridized carbons (Fsp3) is 0.364. The molecule has 7 heteroatoms. The van der Waals surface area contributed by atoms with Gasteiger partial charge in [0.1, 0.15) is 5.75 Å². The van der Waals surface area contributed by atoms with Gasteiger partial charge in [-0.05, 0) is 17.7 Å². The topological polar surface area (TPSA) is 38.3 Å². The lowest BCUT2D eigenvalue weighted by molar-refractivity contribution is -0.169. The number of ether oxygens (including phenoxy) is 1. The quantitative estimate of drug-likeness (QED) is 0.829. The van der Waals surface area contributed by atoms with Crippen molar-refractivity contribution in [1.29, 1.82) is 0 Å². The summed E-state index contributed by atoms with van der Waals surface area (Å²) in [5.74, 6) is -6.21. The first-order valence-corrected chi connectivity index (χ1v) is 4.95. The SMILES string of the molecule is COc1cccc(CNC(=O)C(F)(F)C(F)F)c1. The zero-order valence-electron chi connectivity index (χ0n) is 9.42. The van der Waals surface area contributed by atoms with Crippen LogP contribution in [0.4, 0.5) is 17.6 Å². The van der Waals surface area contributed by atoms with Gasteiger partial charge in [0, 0.05) is 6.54 Å². The third kappa shape index (κ3) is 3.35. The summed E-state index contributed by atoms with van der Waals surface area (Å²) in [6.07, 6.45) is -4.03. The summed E-state index contributed by atoms with van der Waals surface area (Å²) in [7, 11) is 1.42. The molecule has 0 heterocycles. The van der Waals surface area contributed by atoms with Crippen molar-refractivity contribution >= 4 is 5.91 Å². The first kappa shape index (κ1) is 14.3. The summed E-state index contributed by atoms with van der Waals surface area (Å²) in [5.41, 5.74) is 0.466. The zero-order valence-corrected chi connectivity index (χ0v) is 9.42. The van der Waals surface area contributed by atoms with Crippen LogP contribution in [0.3, 0.4) is 0 Å². The molecule has 0 aliphatic carbocycles. The van der Waals surface area contributed by atoms with E-state index in [4.69, 9.17) is 4.74 Å². The molecule has 1 N–H and O–H groups in total. The maximum absolute atomic E-state index is 12.6. The molecule has 0 atom stereocenters. The lowest BCUT2D eigenvalue weighted by atomic mass is 10.2. The van der Waals surface area contributed by atoms with Gasteiger partial charge in [-0.1, -0.05) is 12.1 Å².